The van der Waals surface area contributed by atoms with Gasteiger partial charge in [-0.05, 0) is 42.2 Å². The Bertz CT molecular complexity index is 1010. The van der Waals surface area contributed by atoms with Crippen molar-refractivity contribution in [2.24, 2.45) is 0 Å². The number of nitrogens with one attached hydrogen (secondary N) is 1. The summed E-state index contributed by atoms with van der Waals surface area (Å²) < 4.78 is 15.3. The van der Waals surface area contributed by atoms with Crippen molar-refractivity contribution in [1.82, 2.24) is 0 Å². The summed E-state index contributed by atoms with van der Waals surface area (Å²) in [6.07, 6.45) is 4.21. The predicted molar refractivity (Wildman–Crippen MR) is 102 cm³/mol. The third kappa shape index (κ3) is 6.08. The number of carbonyl (C=O) groups is 1. The van der Waals surface area contributed by atoms with Crippen LogP contribution in [0.1, 0.15) is 16.7 Å². The molecule has 0 aliphatic heterocycles. The minimum Gasteiger partial charge on any atom is -1.00 e. The zero-order valence-corrected chi connectivity index (χ0v) is 16.4. The molecule has 0 aliphatic carbocycles. The van der Waals surface area contributed by atoms with Crippen molar-refractivity contribution in [3.05, 3.63) is 99.6 Å². The molecule has 0 radical (unpaired) electrons. The fourth-order valence-electron chi connectivity index (χ4n) is 2.72. The quantitative estimate of drug-likeness (QED) is 0.363. The van der Waals surface area contributed by atoms with Gasteiger partial charge < -0.3 is 17.7 Å². The van der Waals surface area contributed by atoms with Crippen LogP contribution in [0.15, 0.2) is 67.0 Å². The van der Waals surface area contributed by atoms with E-state index in [1.54, 1.807) is 48.1 Å². The van der Waals surface area contributed by atoms with Crippen LogP contribution in [0.2, 0.25) is 0 Å². The Kier molecular flexibility index (Phi) is 7.39. The number of benzene rings is 2. The Morgan fingerprint density at radius 1 is 1.07 bits per heavy atom. The van der Waals surface area contributed by atoms with Crippen molar-refractivity contribution in [2.45, 2.75) is 19.9 Å². The van der Waals surface area contributed by atoms with E-state index in [1.807, 2.05) is 12.1 Å². The molecular weight excluding hydrogens is 397 g/mol. The van der Waals surface area contributed by atoms with Crippen molar-refractivity contribution in [2.75, 3.05) is 5.32 Å². The molecular formula is C21H19ClFN3O3. The number of carbonyl (C=O) groups excluding carboxylic acids is 1. The van der Waals surface area contributed by atoms with E-state index >= 15 is 0 Å². The van der Waals surface area contributed by atoms with Gasteiger partial charge in [0.05, 0.1) is 4.92 Å². The van der Waals surface area contributed by atoms with Crippen LogP contribution in [-0.2, 0) is 17.8 Å². The second-order valence-electron chi connectivity index (χ2n) is 6.49. The van der Waals surface area contributed by atoms with Crippen LogP contribution < -0.4 is 22.3 Å². The third-order valence-electron chi connectivity index (χ3n) is 4.30. The van der Waals surface area contributed by atoms with Crippen molar-refractivity contribution in [3.63, 3.8) is 0 Å². The number of pyridine rings is 1. The first-order valence-electron chi connectivity index (χ1n) is 8.68. The fourth-order valence-corrected chi connectivity index (χ4v) is 2.72. The molecule has 0 atom stereocenters. The van der Waals surface area contributed by atoms with Gasteiger partial charge in [-0.3, -0.25) is 14.9 Å². The van der Waals surface area contributed by atoms with E-state index in [0.717, 1.165) is 11.1 Å². The first-order valence-corrected chi connectivity index (χ1v) is 8.68. The van der Waals surface area contributed by atoms with Gasteiger partial charge in [-0.1, -0.05) is 18.2 Å². The van der Waals surface area contributed by atoms with E-state index in [1.165, 1.54) is 18.2 Å². The number of aryl methyl sites for hydroxylation is 1. The van der Waals surface area contributed by atoms with Gasteiger partial charge >= 0.3 is 0 Å². The standard InChI is InChI=1S/C21H18FN3O3.ClH/c1-15-2-5-18(13-20(15)22)23-21(26)14-24-10-8-17(9-11-24)12-16-3-6-19(7-4-16)25(27)28;/h2-11,13H,12,14H2,1H3;1H. The average Bonchev–Trinajstić information content (AvgIpc) is 2.67. The Morgan fingerprint density at radius 2 is 1.69 bits per heavy atom. The Hall–Kier alpha value is -3.32. The van der Waals surface area contributed by atoms with Crippen molar-refractivity contribution in [1.29, 1.82) is 0 Å². The van der Waals surface area contributed by atoms with Gasteiger partial charge in [-0.25, -0.2) is 4.39 Å². The smallest absolute Gasteiger partial charge is 0.290 e. The summed E-state index contributed by atoms with van der Waals surface area (Å²) in [5.74, 6) is -0.613. The van der Waals surface area contributed by atoms with E-state index in [-0.39, 0.29) is 36.4 Å². The summed E-state index contributed by atoms with van der Waals surface area (Å²) in [5, 5.41) is 13.4. The summed E-state index contributed by atoms with van der Waals surface area (Å²) in [7, 11) is 0. The summed E-state index contributed by atoms with van der Waals surface area (Å²) in [6.45, 7) is 1.77. The maximum absolute atomic E-state index is 13.6. The normalized spacial score (nSPS) is 10.1. The zero-order valence-electron chi connectivity index (χ0n) is 15.6. The van der Waals surface area contributed by atoms with Crippen molar-refractivity contribution >= 4 is 17.3 Å². The number of non-ortho nitro benzene ring substituents is 1. The molecule has 8 heteroatoms. The van der Waals surface area contributed by atoms with Crippen LogP contribution >= 0.6 is 0 Å². The van der Waals surface area contributed by atoms with E-state index in [4.69, 9.17) is 0 Å². The number of anilines is 1. The lowest BCUT2D eigenvalue weighted by Crippen LogP contribution is -3.00. The molecule has 3 rings (SSSR count). The molecule has 6 nitrogen and oxygen atoms in total. The zero-order chi connectivity index (χ0) is 20.1. The predicted octanol–water partition coefficient (Wildman–Crippen LogP) is 0.563. The number of halogens is 2. The number of amides is 1. The Morgan fingerprint density at radius 3 is 2.28 bits per heavy atom. The monoisotopic (exact) mass is 415 g/mol. The number of aromatic nitrogens is 1. The second kappa shape index (κ2) is 9.75. The molecule has 0 bridgehead atoms. The topological polar surface area (TPSA) is 76.1 Å². The lowest BCUT2D eigenvalue weighted by atomic mass is 10.1. The van der Waals surface area contributed by atoms with E-state index in [2.05, 4.69) is 5.32 Å². The molecule has 1 aromatic heterocycles. The summed E-state index contributed by atoms with van der Waals surface area (Å²) in [6, 6.07) is 14.8. The molecule has 3 aromatic rings. The Balaban J connectivity index is 0.00000300. The van der Waals surface area contributed by atoms with Gasteiger partial charge in [-0.15, -0.1) is 0 Å². The first kappa shape index (κ1) is 22.0. The molecule has 0 saturated heterocycles. The summed E-state index contributed by atoms with van der Waals surface area (Å²) >= 11 is 0. The van der Waals surface area contributed by atoms with Gasteiger partial charge in [0.15, 0.2) is 12.4 Å². The van der Waals surface area contributed by atoms with Crippen LogP contribution in [0.25, 0.3) is 0 Å². The van der Waals surface area contributed by atoms with Crippen LogP contribution in [0.3, 0.4) is 0 Å². The van der Waals surface area contributed by atoms with Gasteiger partial charge in [0.25, 0.3) is 11.6 Å². The Labute approximate surface area is 173 Å². The molecule has 1 N–H and O–H groups in total. The molecule has 0 spiro atoms. The third-order valence-corrected chi connectivity index (χ3v) is 4.30. The van der Waals surface area contributed by atoms with Gasteiger partial charge in [-0.2, -0.15) is 4.57 Å². The molecule has 1 amide bonds. The minimum atomic E-state index is -0.425. The number of rotatable bonds is 6. The lowest BCUT2D eigenvalue weighted by Gasteiger charge is -2.05. The maximum atomic E-state index is 13.6. The second-order valence-corrected chi connectivity index (χ2v) is 6.49. The number of nitro groups is 1. The maximum Gasteiger partial charge on any atom is 0.290 e. The largest absolute Gasteiger partial charge is 1.00 e. The highest BCUT2D eigenvalue weighted by Crippen LogP contribution is 2.15. The summed E-state index contributed by atoms with van der Waals surface area (Å²) in [4.78, 5) is 22.4. The van der Waals surface area contributed by atoms with Crippen LogP contribution in [0, 0.1) is 22.9 Å². The van der Waals surface area contributed by atoms with Gasteiger partial charge in [0, 0.05) is 30.0 Å². The van der Waals surface area contributed by atoms with E-state index < -0.39 is 4.92 Å². The highest BCUT2D eigenvalue weighted by atomic mass is 35.5. The molecule has 0 unspecified atom stereocenters. The number of nitrogens with zero attached hydrogens (tertiary/aromatic N) is 2. The van der Waals surface area contributed by atoms with Gasteiger partial charge in [0.1, 0.15) is 5.82 Å². The van der Waals surface area contributed by atoms with Crippen LogP contribution in [-0.4, -0.2) is 10.8 Å². The van der Waals surface area contributed by atoms with Crippen molar-refractivity contribution < 1.29 is 31.1 Å². The van der Waals surface area contributed by atoms with Crippen molar-refractivity contribution in [3.8, 4) is 0 Å². The molecule has 0 aliphatic rings. The number of hydrogen-bond donors (Lipinski definition) is 1. The lowest BCUT2D eigenvalue weighted by molar-refractivity contribution is -0.684. The molecule has 0 saturated carbocycles. The first-order chi connectivity index (χ1) is 13.4. The highest BCUT2D eigenvalue weighted by molar-refractivity contribution is 5.89. The van der Waals surface area contributed by atoms with E-state index in [9.17, 15) is 19.3 Å². The molecule has 2 aromatic carbocycles. The van der Waals surface area contributed by atoms with Crippen LogP contribution in [0.4, 0.5) is 15.8 Å². The van der Waals surface area contributed by atoms with Crippen LogP contribution in [0.5, 0.6) is 0 Å². The SMILES string of the molecule is Cc1ccc(NC(=O)C[n+]2ccc(Cc3ccc([N+](=O)[O-])cc3)cc2)cc1F.[Cl-]. The average molecular weight is 416 g/mol. The molecule has 1 heterocycles. The van der Waals surface area contributed by atoms with Gasteiger partial charge in [0.2, 0.25) is 6.54 Å². The fraction of sp³-hybridized carbons (Fsp3) is 0.143. The summed E-state index contributed by atoms with van der Waals surface area (Å²) in [5.41, 5.74) is 2.99. The minimum absolute atomic E-state index is 0. The highest BCUT2D eigenvalue weighted by Gasteiger charge is 2.11. The molecule has 29 heavy (non-hydrogen) atoms. The molecule has 150 valence electrons. The van der Waals surface area contributed by atoms with E-state index in [0.29, 0.717) is 17.7 Å². The number of hydrogen-bond acceptors (Lipinski definition) is 3. The molecule has 0 fully saturated rings. The number of nitro benzene ring substituents is 1.